The van der Waals surface area contributed by atoms with Crippen molar-refractivity contribution in [3.8, 4) is 0 Å². The Morgan fingerprint density at radius 3 is 2.80 bits per heavy atom. The van der Waals surface area contributed by atoms with E-state index in [-0.39, 0.29) is 5.91 Å². The molecule has 1 aliphatic rings. The third kappa shape index (κ3) is 2.01. The summed E-state index contributed by atoms with van der Waals surface area (Å²) in [5.41, 5.74) is 0. The van der Waals surface area contributed by atoms with Crippen LogP contribution in [0.5, 0.6) is 0 Å². The standard InChI is InChI=1S/C8H14NO/c1-2-4-8(10)9-7-5-3-6-7/h3,7H,2,4-6H2,1H3,(H,9,10). The fourth-order valence-corrected chi connectivity index (χ4v) is 0.978. The van der Waals surface area contributed by atoms with Crippen molar-refractivity contribution in [1.82, 2.24) is 5.32 Å². The van der Waals surface area contributed by atoms with Gasteiger partial charge in [-0.3, -0.25) is 4.79 Å². The van der Waals surface area contributed by atoms with Crippen LogP contribution in [0, 0.1) is 6.42 Å². The first-order chi connectivity index (χ1) is 4.83. The maximum absolute atomic E-state index is 10.9. The molecule has 0 bridgehead atoms. The van der Waals surface area contributed by atoms with Gasteiger partial charge in [-0.25, -0.2) is 0 Å². The molecule has 57 valence electrons. The van der Waals surface area contributed by atoms with Gasteiger partial charge in [0.2, 0.25) is 5.91 Å². The van der Waals surface area contributed by atoms with Crippen molar-refractivity contribution < 1.29 is 4.79 Å². The predicted octanol–water partition coefficient (Wildman–Crippen LogP) is 1.27. The third-order valence-electron chi connectivity index (χ3n) is 1.74. The Labute approximate surface area is 62.0 Å². The van der Waals surface area contributed by atoms with Crippen LogP contribution in [0.2, 0.25) is 0 Å². The zero-order valence-corrected chi connectivity index (χ0v) is 6.39. The summed E-state index contributed by atoms with van der Waals surface area (Å²) in [4.78, 5) is 10.9. The van der Waals surface area contributed by atoms with Gasteiger partial charge in [-0.15, -0.1) is 0 Å². The van der Waals surface area contributed by atoms with E-state index in [1.54, 1.807) is 0 Å². The van der Waals surface area contributed by atoms with Gasteiger partial charge < -0.3 is 5.32 Å². The Bertz CT molecular complexity index is 118. The Morgan fingerprint density at radius 1 is 1.70 bits per heavy atom. The topological polar surface area (TPSA) is 29.1 Å². The SMILES string of the molecule is CCCC(=O)NC1C[CH]C1. The minimum absolute atomic E-state index is 0.209. The number of rotatable bonds is 3. The van der Waals surface area contributed by atoms with E-state index in [2.05, 4.69) is 11.7 Å². The first kappa shape index (κ1) is 7.58. The van der Waals surface area contributed by atoms with Gasteiger partial charge in [0.1, 0.15) is 0 Å². The molecule has 1 amide bonds. The number of hydrogen-bond acceptors (Lipinski definition) is 1. The van der Waals surface area contributed by atoms with Crippen LogP contribution in [-0.4, -0.2) is 11.9 Å². The van der Waals surface area contributed by atoms with Crippen LogP contribution in [0.15, 0.2) is 0 Å². The summed E-state index contributed by atoms with van der Waals surface area (Å²) >= 11 is 0. The average Bonchev–Trinajstić information content (AvgIpc) is 1.80. The molecule has 2 heteroatoms. The number of carbonyl (C=O) groups excluding carboxylic acids is 1. The highest BCUT2D eigenvalue weighted by Gasteiger charge is 2.18. The van der Waals surface area contributed by atoms with Gasteiger partial charge >= 0.3 is 0 Å². The lowest BCUT2D eigenvalue weighted by Gasteiger charge is -2.25. The maximum Gasteiger partial charge on any atom is 0.220 e. The second-order valence-electron chi connectivity index (χ2n) is 2.77. The Morgan fingerprint density at radius 2 is 2.40 bits per heavy atom. The Balaban J connectivity index is 2.05. The highest BCUT2D eigenvalue weighted by atomic mass is 16.1. The quantitative estimate of drug-likeness (QED) is 0.628. The van der Waals surface area contributed by atoms with Gasteiger partial charge in [0.05, 0.1) is 0 Å². The zero-order chi connectivity index (χ0) is 7.40. The van der Waals surface area contributed by atoms with Crippen molar-refractivity contribution in [1.29, 1.82) is 0 Å². The van der Waals surface area contributed by atoms with Crippen LogP contribution >= 0.6 is 0 Å². The van der Waals surface area contributed by atoms with Crippen molar-refractivity contribution in [3.05, 3.63) is 6.42 Å². The molecule has 0 unspecified atom stereocenters. The lowest BCUT2D eigenvalue weighted by molar-refractivity contribution is -0.122. The summed E-state index contributed by atoms with van der Waals surface area (Å²) in [6.45, 7) is 2.02. The van der Waals surface area contributed by atoms with Gasteiger partial charge in [-0.2, -0.15) is 0 Å². The number of carbonyl (C=O) groups is 1. The molecule has 0 atom stereocenters. The molecule has 1 aliphatic carbocycles. The normalized spacial score (nSPS) is 18.1. The van der Waals surface area contributed by atoms with Gasteiger partial charge in [-0.05, 0) is 25.7 Å². The average molecular weight is 140 g/mol. The largest absolute Gasteiger partial charge is 0.353 e. The second kappa shape index (κ2) is 3.59. The van der Waals surface area contributed by atoms with Crippen LogP contribution < -0.4 is 5.32 Å². The summed E-state index contributed by atoms with van der Waals surface area (Å²) in [5, 5.41) is 2.95. The molecule has 0 saturated heterocycles. The Kier molecular flexibility index (Phi) is 2.72. The summed E-state index contributed by atoms with van der Waals surface area (Å²) in [7, 11) is 0. The molecule has 0 aromatic carbocycles. The lowest BCUT2D eigenvalue weighted by atomic mass is 9.93. The van der Waals surface area contributed by atoms with E-state index in [0.717, 1.165) is 19.3 Å². The van der Waals surface area contributed by atoms with Gasteiger partial charge in [0.15, 0.2) is 0 Å². The van der Waals surface area contributed by atoms with Gasteiger partial charge in [0, 0.05) is 12.5 Å². The first-order valence-electron chi connectivity index (χ1n) is 3.94. The van der Waals surface area contributed by atoms with E-state index >= 15 is 0 Å². The van der Waals surface area contributed by atoms with Crippen molar-refractivity contribution in [2.24, 2.45) is 0 Å². The summed E-state index contributed by atoms with van der Waals surface area (Å²) in [6.07, 6.45) is 5.95. The van der Waals surface area contributed by atoms with Crippen LogP contribution in [0.1, 0.15) is 32.6 Å². The van der Waals surface area contributed by atoms with E-state index < -0.39 is 0 Å². The molecule has 0 spiro atoms. The molecule has 1 fully saturated rings. The number of nitrogens with one attached hydrogen (secondary N) is 1. The number of amides is 1. The summed E-state index contributed by atoms with van der Waals surface area (Å²) < 4.78 is 0. The van der Waals surface area contributed by atoms with Crippen molar-refractivity contribution in [3.63, 3.8) is 0 Å². The van der Waals surface area contributed by atoms with Crippen LogP contribution in [-0.2, 0) is 4.79 Å². The first-order valence-corrected chi connectivity index (χ1v) is 3.94. The fraction of sp³-hybridized carbons (Fsp3) is 0.750. The molecular formula is C8H14NO. The maximum atomic E-state index is 10.9. The predicted molar refractivity (Wildman–Crippen MR) is 40.4 cm³/mol. The van der Waals surface area contributed by atoms with E-state index in [0.29, 0.717) is 12.5 Å². The fourth-order valence-electron chi connectivity index (χ4n) is 0.978. The smallest absolute Gasteiger partial charge is 0.220 e. The molecule has 1 rings (SSSR count). The number of hydrogen-bond donors (Lipinski definition) is 1. The molecule has 1 N–H and O–H groups in total. The molecular weight excluding hydrogens is 126 g/mol. The molecule has 0 aromatic rings. The molecule has 2 nitrogen and oxygen atoms in total. The second-order valence-corrected chi connectivity index (χ2v) is 2.77. The molecule has 0 aliphatic heterocycles. The highest BCUT2D eigenvalue weighted by Crippen LogP contribution is 2.16. The monoisotopic (exact) mass is 140 g/mol. The van der Waals surface area contributed by atoms with Gasteiger partial charge in [0.25, 0.3) is 0 Å². The van der Waals surface area contributed by atoms with E-state index in [1.807, 2.05) is 6.92 Å². The summed E-state index contributed by atoms with van der Waals surface area (Å²) in [5.74, 6) is 0.209. The lowest BCUT2D eigenvalue weighted by Crippen LogP contribution is -2.39. The molecule has 1 saturated carbocycles. The highest BCUT2D eigenvalue weighted by molar-refractivity contribution is 5.76. The summed E-state index contributed by atoms with van der Waals surface area (Å²) in [6, 6.07) is 0.457. The van der Waals surface area contributed by atoms with Crippen molar-refractivity contribution >= 4 is 5.91 Å². The van der Waals surface area contributed by atoms with Crippen molar-refractivity contribution in [2.75, 3.05) is 0 Å². The van der Waals surface area contributed by atoms with E-state index in [9.17, 15) is 4.79 Å². The van der Waals surface area contributed by atoms with Gasteiger partial charge in [-0.1, -0.05) is 6.92 Å². The molecule has 10 heavy (non-hydrogen) atoms. The van der Waals surface area contributed by atoms with E-state index in [4.69, 9.17) is 0 Å². The minimum Gasteiger partial charge on any atom is -0.353 e. The van der Waals surface area contributed by atoms with Crippen LogP contribution in [0.4, 0.5) is 0 Å². The Hall–Kier alpha value is -0.530. The molecule has 0 heterocycles. The molecule has 1 radical (unpaired) electrons. The third-order valence-corrected chi connectivity index (χ3v) is 1.74. The molecule has 0 aromatic heterocycles. The minimum atomic E-state index is 0.209. The van der Waals surface area contributed by atoms with Crippen LogP contribution in [0.25, 0.3) is 0 Å². The van der Waals surface area contributed by atoms with Crippen molar-refractivity contribution in [2.45, 2.75) is 38.6 Å². The van der Waals surface area contributed by atoms with Crippen LogP contribution in [0.3, 0.4) is 0 Å². The zero-order valence-electron chi connectivity index (χ0n) is 6.39. The van der Waals surface area contributed by atoms with E-state index in [1.165, 1.54) is 0 Å².